The van der Waals surface area contributed by atoms with E-state index in [0.717, 1.165) is 0 Å². The Morgan fingerprint density at radius 2 is 1.75 bits per heavy atom. The lowest BCUT2D eigenvalue weighted by Crippen LogP contribution is -2.18. The van der Waals surface area contributed by atoms with Crippen LogP contribution < -0.4 is 19.6 Å². The maximum atomic E-state index is 12.4. The van der Waals surface area contributed by atoms with Crippen LogP contribution in [0.1, 0.15) is 33.2 Å². The van der Waals surface area contributed by atoms with Crippen molar-refractivity contribution in [2.24, 2.45) is 5.10 Å². The van der Waals surface area contributed by atoms with E-state index in [2.05, 4.69) is 10.5 Å². The Kier molecular flexibility index (Phi) is 7.83. The van der Waals surface area contributed by atoms with E-state index < -0.39 is 11.9 Å². The van der Waals surface area contributed by atoms with Crippen molar-refractivity contribution in [3.05, 3.63) is 88.4 Å². The van der Waals surface area contributed by atoms with Crippen LogP contribution in [0.2, 0.25) is 5.02 Å². The molecule has 164 valence electrons. The Morgan fingerprint density at radius 3 is 2.47 bits per heavy atom. The van der Waals surface area contributed by atoms with Crippen molar-refractivity contribution in [3.63, 3.8) is 0 Å². The van der Waals surface area contributed by atoms with E-state index in [-0.39, 0.29) is 5.75 Å². The van der Waals surface area contributed by atoms with Crippen LogP contribution in [-0.4, -0.2) is 31.8 Å². The number of rotatable bonds is 8. The molecule has 0 aromatic heterocycles. The van der Waals surface area contributed by atoms with Crippen molar-refractivity contribution in [1.29, 1.82) is 0 Å². The lowest BCUT2D eigenvalue weighted by Gasteiger charge is -2.11. The van der Waals surface area contributed by atoms with Gasteiger partial charge in [-0.25, -0.2) is 10.2 Å². The van der Waals surface area contributed by atoms with Gasteiger partial charge in [0, 0.05) is 5.02 Å². The lowest BCUT2D eigenvalue weighted by molar-refractivity contribution is 0.0728. The number of carbonyl (C=O) groups excluding carboxylic acids is 2. The molecule has 0 aliphatic heterocycles. The molecule has 7 nitrogen and oxygen atoms in total. The maximum Gasteiger partial charge on any atom is 0.343 e. The number of hydrogen-bond donors (Lipinski definition) is 1. The number of methoxy groups -OCH3 is 1. The second kappa shape index (κ2) is 11.0. The van der Waals surface area contributed by atoms with E-state index >= 15 is 0 Å². The molecular formula is C24H21ClN2O5. The van der Waals surface area contributed by atoms with Crippen molar-refractivity contribution in [1.82, 2.24) is 5.43 Å². The molecule has 32 heavy (non-hydrogen) atoms. The van der Waals surface area contributed by atoms with Crippen LogP contribution in [-0.2, 0) is 0 Å². The largest absolute Gasteiger partial charge is 0.496 e. The molecule has 3 aromatic rings. The minimum atomic E-state index is -0.534. The van der Waals surface area contributed by atoms with Crippen LogP contribution >= 0.6 is 11.6 Å². The third-order valence-electron chi connectivity index (χ3n) is 4.28. The van der Waals surface area contributed by atoms with Crippen molar-refractivity contribution in [2.45, 2.75) is 6.92 Å². The molecule has 0 atom stereocenters. The summed E-state index contributed by atoms with van der Waals surface area (Å²) in [5.74, 6) is 0.146. The van der Waals surface area contributed by atoms with Crippen LogP contribution in [0.3, 0.4) is 0 Å². The molecule has 1 N–H and O–H groups in total. The minimum Gasteiger partial charge on any atom is -0.496 e. The fourth-order valence-corrected chi connectivity index (χ4v) is 2.89. The predicted molar refractivity (Wildman–Crippen MR) is 122 cm³/mol. The summed E-state index contributed by atoms with van der Waals surface area (Å²) >= 11 is 5.85. The van der Waals surface area contributed by atoms with Gasteiger partial charge in [-0.2, -0.15) is 5.10 Å². The van der Waals surface area contributed by atoms with Crippen LogP contribution in [0.5, 0.6) is 17.2 Å². The van der Waals surface area contributed by atoms with Crippen molar-refractivity contribution >= 4 is 29.7 Å². The fraction of sp³-hybridized carbons (Fsp3) is 0.125. The van der Waals surface area contributed by atoms with Crippen LogP contribution in [0.25, 0.3) is 0 Å². The smallest absolute Gasteiger partial charge is 0.343 e. The SMILES string of the molecule is CCOc1cc(/C=N/NC(=O)c2ccccc2OC)ccc1OC(=O)c1ccc(Cl)cc1. The van der Waals surface area contributed by atoms with Crippen molar-refractivity contribution in [3.8, 4) is 17.2 Å². The van der Waals surface area contributed by atoms with Gasteiger partial charge in [-0.15, -0.1) is 0 Å². The quantitative estimate of drug-likeness (QED) is 0.231. The number of para-hydroxylation sites is 1. The van der Waals surface area contributed by atoms with E-state index in [1.807, 2.05) is 6.92 Å². The summed E-state index contributed by atoms with van der Waals surface area (Å²) in [4.78, 5) is 24.7. The molecule has 1 amide bonds. The first-order valence-electron chi connectivity index (χ1n) is 9.72. The first kappa shape index (κ1) is 22.8. The average molecular weight is 453 g/mol. The molecular weight excluding hydrogens is 432 g/mol. The highest BCUT2D eigenvalue weighted by Crippen LogP contribution is 2.29. The van der Waals surface area contributed by atoms with E-state index in [9.17, 15) is 9.59 Å². The second-order valence-electron chi connectivity index (χ2n) is 6.44. The van der Waals surface area contributed by atoms with Gasteiger partial charge in [0.2, 0.25) is 0 Å². The molecule has 0 unspecified atom stereocenters. The Hall–Kier alpha value is -3.84. The summed E-state index contributed by atoms with van der Waals surface area (Å²) in [5.41, 5.74) is 3.83. The molecule has 0 bridgehead atoms. The molecule has 0 heterocycles. The summed E-state index contributed by atoms with van der Waals surface area (Å²) in [6, 6.07) is 18.2. The molecule has 3 rings (SSSR count). The normalized spacial score (nSPS) is 10.6. The van der Waals surface area contributed by atoms with Crippen molar-refractivity contribution in [2.75, 3.05) is 13.7 Å². The zero-order valence-corrected chi connectivity index (χ0v) is 18.3. The van der Waals surface area contributed by atoms with Gasteiger partial charge in [-0.1, -0.05) is 23.7 Å². The monoisotopic (exact) mass is 452 g/mol. The lowest BCUT2D eigenvalue weighted by atomic mass is 10.2. The first-order valence-corrected chi connectivity index (χ1v) is 10.1. The summed E-state index contributed by atoms with van der Waals surface area (Å²) in [5, 5.41) is 4.51. The van der Waals surface area contributed by atoms with Crippen LogP contribution in [0.15, 0.2) is 71.8 Å². The van der Waals surface area contributed by atoms with Crippen molar-refractivity contribution < 1.29 is 23.8 Å². The number of carbonyl (C=O) groups is 2. The Morgan fingerprint density at radius 1 is 1.00 bits per heavy atom. The number of amides is 1. The molecule has 0 saturated heterocycles. The number of benzene rings is 3. The number of ether oxygens (including phenoxy) is 3. The van der Waals surface area contributed by atoms with E-state index in [4.69, 9.17) is 25.8 Å². The van der Waals surface area contributed by atoms with E-state index in [0.29, 0.717) is 39.8 Å². The molecule has 0 aliphatic carbocycles. The number of esters is 1. The third-order valence-corrected chi connectivity index (χ3v) is 4.53. The Balaban J connectivity index is 1.71. The topological polar surface area (TPSA) is 86.2 Å². The second-order valence-corrected chi connectivity index (χ2v) is 6.87. The Bertz CT molecular complexity index is 1130. The van der Waals surface area contributed by atoms with Gasteiger partial charge in [0.25, 0.3) is 5.91 Å². The predicted octanol–water partition coefficient (Wildman–Crippen LogP) is 4.73. The Labute approximate surface area is 190 Å². The average Bonchev–Trinajstić information content (AvgIpc) is 2.81. The highest BCUT2D eigenvalue weighted by molar-refractivity contribution is 6.30. The van der Waals surface area contributed by atoms with Gasteiger partial charge in [0.1, 0.15) is 5.75 Å². The van der Waals surface area contributed by atoms with Crippen LogP contribution in [0, 0.1) is 0 Å². The molecule has 0 saturated carbocycles. The molecule has 0 aliphatic rings. The number of nitrogens with zero attached hydrogens (tertiary/aromatic N) is 1. The van der Waals surface area contributed by atoms with Gasteiger partial charge >= 0.3 is 5.97 Å². The third kappa shape index (κ3) is 5.86. The number of hydrogen-bond acceptors (Lipinski definition) is 6. The molecule has 0 fully saturated rings. The summed E-state index contributed by atoms with van der Waals surface area (Å²) in [6.07, 6.45) is 1.46. The summed E-state index contributed by atoms with van der Waals surface area (Å²) in [7, 11) is 1.49. The summed E-state index contributed by atoms with van der Waals surface area (Å²) < 4.78 is 16.2. The van der Waals surface area contributed by atoms with Gasteiger partial charge < -0.3 is 14.2 Å². The fourth-order valence-electron chi connectivity index (χ4n) is 2.76. The summed E-state index contributed by atoms with van der Waals surface area (Å²) in [6.45, 7) is 2.19. The van der Waals surface area contributed by atoms with Gasteiger partial charge in [0.15, 0.2) is 11.5 Å². The standard InChI is InChI=1S/C24H21ClN2O5/c1-3-31-22-14-16(15-26-27-23(28)19-6-4-5-7-20(19)30-2)8-13-21(22)32-24(29)17-9-11-18(25)12-10-17/h4-15H,3H2,1-2H3,(H,27,28)/b26-15+. The number of nitrogens with one attached hydrogen (secondary N) is 1. The molecule has 0 radical (unpaired) electrons. The maximum absolute atomic E-state index is 12.4. The van der Waals surface area contributed by atoms with Gasteiger partial charge in [0.05, 0.1) is 31.1 Å². The molecule has 8 heteroatoms. The zero-order chi connectivity index (χ0) is 22.9. The van der Waals surface area contributed by atoms with Gasteiger partial charge in [-0.3, -0.25) is 4.79 Å². The number of halogens is 1. The van der Waals surface area contributed by atoms with Crippen LogP contribution in [0.4, 0.5) is 0 Å². The molecule has 0 spiro atoms. The van der Waals surface area contributed by atoms with E-state index in [1.54, 1.807) is 66.7 Å². The first-order chi connectivity index (χ1) is 15.5. The van der Waals surface area contributed by atoms with E-state index in [1.165, 1.54) is 13.3 Å². The van der Waals surface area contributed by atoms with Gasteiger partial charge in [-0.05, 0) is 67.1 Å². The zero-order valence-electron chi connectivity index (χ0n) is 17.5. The highest BCUT2D eigenvalue weighted by atomic mass is 35.5. The molecule has 3 aromatic carbocycles. The highest BCUT2D eigenvalue weighted by Gasteiger charge is 2.14. The number of hydrazone groups is 1. The minimum absolute atomic E-state index is 0.266.